The molecule has 1 atom stereocenters. The zero-order valence-corrected chi connectivity index (χ0v) is 10.4. The summed E-state index contributed by atoms with van der Waals surface area (Å²) < 4.78 is 0. The molecule has 4 heteroatoms. The minimum Gasteiger partial charge on any atom is -0.480 e. The van der Waals surface area contributed by atoms with E-state index in [1.807, 2.05) is 33.8 Å². The molecule has 0 bridgehead atoms. The molecule has 0 rings (SSSR count). The van der Waals surface area contributed by atoms with Gasteiger partial charge < -0.3 is 10.4 Å². The lowest BCUT2D eigenvalue weighted by Gasteiger charge is -2.13. The molecule has 0 aliphatic rings. The van der Waals surface area contributed by atoms with Crippen molar-refractivity contribution in [1.82, 2.24) is 5.32 Å². The second kappa shape index (κ2) is 7.04. The Morgan fingerprint density at radius 2 is 1.88 bits per heavy atom. The van der Waals surface area contributed by atoms with E-state index in [-0.39, 0.29) is 11.8 Å². The van der Waals surface area contributed by atoms with Crippen LogP contribution in [0.15, 0.2) is 11.6 Å². The Hall–Kier alpha value is -1.32. The third-order valence-corrected chi connectivity index (χ3v) is 1.99. The Kier molecular flexibility index (Phi) is 6.46. The number of carboxylic acids is 1. The maximum Gasteiger partial charge on any atom is 0.326 e. The number of nitrogens with one attached hydrogen (secondary N) is 1. The molecule has 0 heterocycles. The van der Waals surface area contributed by atoms with E-state index in [1.165, 1.54) is 0 Å². The van der Waals surface area contributed by atoms with E-state index in [0.717, 1.165) is 5.57 Å². The molecule has 1 amide bonds. The van der Waals surface area contributed by atoms with Gasteiger partial charge in [0, 0.05) is 6.42 Å². The average molecular weight is 227 g/mol. The lowest BCUT2D eigenvalue weighted by atomic mass is 10.1. The SMILES string of the molecule is CC(C)=CC[C@@H](NC(=O)CC(C)C)C(=O)O. The number of aliphatic carboxylic acids is 1. The molecule has 2 N–H and O–H groups in total. The van der Waals surface area contributed by atoms with Gasteiger partial charge in [0.15, 0.2) is 0 Å². The van der Waals surface area contributed by atoms with Gasteiger partial charge in [0.1, 0.15) is 6.04 Å². The molecule has 4 nitrogen and oxygen atoms in total. The molecule has 0 aliphatic heterocycles. The summed E-state index contributed by atoms with van der Waals surface area (Å²) >= 11 is 0. The highest BCUT2D eigenvalue weighted by molar-refractivity contribution is 5.83. The Balaban J connectivity index is 4.29. The molecule has 16 heavy (non-hydrogen) atoms. The van der Waals surface area contributed by atoms with Gasteiger partial charge in [-0.2, -0.15) is 0 Å². The van der Waals surface area contributed by atoms with Crippen molar-refractivity contribution in [3.8, 4) is 0 Å². The number of amides is 1. The summed E-state index contributed by atoms with van der Waals surface area (Å²) in [6.45, 7) is 7.64. The van der Waals surface area contributed by atoms with Gasteiger partial charge in [-0.15, -0.1) is 0 Å². The first-order chi connectivity index (χ1) is 7.32. The van der Waals surface area contributed by atoms with Gasteiger partial charge in [-0.05, 0) is 26.2 Å². The second-order valence-corrected chi connectivity index (χ2v) is 4.57. The van der Waals surface area contributed by atoms with Crippen molar-refractivity contribution in [2.45, 2.75) is 46.6 Å². The van der Waals surface area contributed by atoms with Gasteiger partial charge in [-0.25, -0.2) is 4.79 Å². The summed E-state index contributed by atoms with van der Waals surface area (Å²) in [5, 5.41) is 11.4. The number of hydrogen-bond acceptors (Lipinski definition) is 2. The first-order valence-corrected chi connectivity index (χ1v) is 5.48. The van der Waals surface area contributed by atoms with E-state index >= 15 is 0 Å². The number of carbonyl (C=O) groups excluding carboxylic acids is 1. The number of carboxylic acid groups (broad SMARTS) is 1. The molecular weight excluding hydrogens is 206 g/mol. The Labute approximate surface area is 96.7 Å². The predicted octanol–water partition coefficient (Wildman–Crippen LogP) is 1.96. The fourth-order valence-corrected chi connectivity index (χ4v) is 1.20. The molecule has 0 spiro atoms. The van der Waals surface area contributed by atoms with Crippen molar-refractivity contribution in [2.24, 2.45) is 5.92 Å². The van der Waals surface area contributed by atoms with Crippen LogP contribution in [-0.4, -0.2) is 23.0 Å². The summed E-state index contributed by atoms with van der Waals surface area (Å²) in [4.78, 5) is 22.3. The standard InChI is InChI=1S/C12H21NO3/c1-8(2)5-6-10(12(15)16)13-11(14)7-9(3)4/h5,9-10H,6-7H2,1-4H3,(H,13,14)(H,15,16)/t10-/m1/s1. The first kappa shape index (κ1) is 14.7. The van der Waals surface area contributed by atoms with Gasteiger partial charge in [-0.3, -0.25) is 4.79 Å². The van der Waals surface area contributed by atoms with E-state index in [2.05, 4.69) is 5.32 Å². The van der Waals surface area contributed by atoms with Crippen molar-refractivity contribution < 1.29 is 14.7 Å². The third kappa shape index (κ3) is 7.04. The van der Waals surface area contributed by atoms with Crippen LogP contribution in [0.2, 0.25) is 0 Å². The molecule has 92 valence electrons. The molecule has 0 saturated carbocycles. The van der Waals surface area contributed by atoms with Crippen molar-refractivity contribution in [3.05, 3.63) is 11.6 Å². The fraction of sp³-hybridized carbons (Fsp3) is 0.667. The van der Waals surface area contributed by atoms with Crippen LogP contribution < -0.4 is 5.32 Å². The van der Waals surface area contributed by atoms with E-state index in [0.29, 0.717) is 12.8 Å². The van der Waals surface area contributed by atoms with Gasteiger partial charge in [0.25, 0.3) is 0 Å². The lowest BCUT2D eigenvalue weighted by molar-refractivity contribution is -0.141. The smallest absolute Gasteiger partial charge is 0.326 e. The summed E-state index contributed by atoms with van der Waals surface area (Å²) in [6, 6.07) is -0.818. The minimum atomic E-state index is -0.991. The van der Waals surface area contributed by atoms with Crippen molar-refractivity contribution >= 4 is 11.9 Å². The molecule has 0 fully saturated rings. The Morgan fingerprint density at radius 3 is 2.25 bits per heavy atom. The molecule has 0 aromatic heterocycles. The number of carbonyl (C=O) groups is 2. The Bertz CT molecular complexity index is 278. The lowest BCUT2D eigenvalue weighted by Crippen LogP contribution is -2.40. The minimum absolute atomic E-state index is 0.204. The topological polar surface area (TPSA) is 66.4 Å². The third-order valence-electron chi connectivity index (χ3n) is 1.99. The van der Waals surface area contributed by atoms with Gasteiger partial charge in [0.05, 0.1) is 0 Å². The zero-order valence-electron chi connectivity index (χ0n) is 10.4. The van der Waals surface area contributed by atoms with Gasteiger partial charge in [0.2, 0.25) is 5.91 Å². The van der Waals surface area contributed by atoms with Crippen LogP contribution in [0.25, 0.3) is 0 Å². The molecule has 0 aliphatic carbocycles. The van der Waals surface area contributed by atoms with Crippen molar-refractivity contribution in [1.29, 1.82) is 0 Å². The zero-order chi connectivity index (χ0) is 12.7. The quantitative estimate of drug-likeness (QED) is 0.682. The number of allylic oxidation sites excluding steroid dienone is 1. The van der Waals surface area contributed by atoms with Crippen molar-refractivity contribution in [3.63, 3.8) is 0 Å². The first-order valence-electron chi connectivity index (χ1n) is 5.48. The summed E-state index contributed by atoms with van der Waals surface area (Å²) in [5.74, 6) is -0.961. The van der Waals surface area contributed by atoms with E-state index < -0.39 is 12.0 Å². The van der Waals surface area contributed by atoms with Crippen LogP contribution in [0.5, 0.6) is 0 Å². The highest BCUT2D eigenvalue weighted by atomic mass is 16.4. The van der Waals surface area contributed by atoms with E-state index in [1.54, 1.807) is 0 Å². The van der Waals surface area contributed by atoms with Crippen LogP contribution in [0.4, 0.5) is 0 Å². The predicted molar refractivity (Wildman–Crippen MR) is 63.1 cm³/mol. The molecule has 0 aromatic rings. The molecule has 0 unspecified atom stereocenters. The molecular formula is C12H21NO3. The summed E-state index contributed by atoms with van der Waals surface area (Å²) in [5.41, 5.74) is 1.05. The van der Waals surface area contributed by atoms with Crippen LogP contribution in [0.3, 0.4) is 0 Å². The second-order valence-electron chi connectivity index (χ2n) is 4.57. The molecule has 0 aromatic carbocycles. The van der Waals surface area contributed by atoms with Crippen LogP contribution >= 0.6 is 0 Å². The summed E-state index contributed by atoms with van der Waals surface area (Å²) in [6.07, 6.45) is 2.51. The van der Waals surface area contributed by atoms with Crippen molar-refractivity contribution in [2.75, 3.05) is 0 Å². The highest BCUT2D eigenvalue weighted by Gasteiger charge is 2.18. The average Bonchev–Trinajstić information content (AvgIpc) is 2.09. The largest absolute Gasteiger partial charge is 0.480 e. The normalized spacial score (nSPS) is 12.1. The van der Waals surface area contributed by atoms with Crippen LogP contribution in [0.1, 0.15) is 40.5 Å². The molecule has 0 saturated heterocycles. The monoisotopic (exact) mass is 227 g/mol. The van der Waals surface area contributed by atoms with Gasteiger partial charge in [-0.1, -0.05) is 25.5 Å². The highest BCUT2D eigenvalue weighted by Crippen LogP contribution is 2.02. The van der Waals surface area contributed by atoms with Gasteiger partial charge >= 0.3 is 5.97 Å². The summed E-state index contributed by atoms with van der Waals surface area (Å²) in [7, 11) is 0. The fourth-order valence-electron chi connectivity index (χ4n) is 1.20. The molecule has 0 radical (unpaired) electrons. The maximum absolute atomic E-state index is 11.4. The number of rotatable bonds is 6. The van der Waals surface area contributed by atoms with E-state index in [4.69, 9.17) is 5.11 Å². The van der Waals surface area contributed by atoms with E-state index in [9.17, 15) is 9.59 Å². The van der Waals surface area contributed by atoms with Crippen LogP contribution in [-0.2, 0) is 9.59 Å². The number of hydrogen-bond donors (Lipinski definition) is 2. The Morgan fingerprint density at radius 1 is 1.31 bits per heavy atom. The maximum atomic E-state index is 11.4. The van der Waals surface area contributed by atoms with Crippen LogP contribution in [0, 0.1) is 5.92 Å².